The summed E-state index contributed by atoms with van der Waals surface area (Å²) in [4.78, 5) is 25.0. The molecule has 2 unspecified atom stereocenters. The predicted octanol–water partition coefficient (Wildman–Crippen LogP) is 1.06. The molecule has 0 bridgehead atoms. The molecule has 1 fully saturated rings. The maximum absolute atomic E-state index is 12.5. The van der Waals surface area contributed by atoms with E-state index in [1.807, 2.05) is 0 Å². The van der Waals surface area contributed by atoms with Crippen LogP contribution in [0.2, 0.25) is 0 Å². The molecule has 8 nitrogen and oxygen atoms in total. The number of hydrogen-bond donors (Lipinski definition) is 2. The van der Waals surface area contributed by atoms with Crippen molar-refractivity contribution in [2.75, 3.05) is 5.32 Å². The molecule has 0 radical (unpaired) electrons. The van der Waals surface area contributed by atoms with Gasteiger partial charge in [-0.25, -0.2) is 0 Å². The summed E-state index contributed by atoms with van der Waals surface area (Å²) in [6, 6.07) is 1.20. The second-order valence-corrected chi connectivity index (χ2v) is 7.37. The van der Waals surface area contributed by atoms with E-state index in [1.54, 1.807) is 17.2 Å². The van der Waals surface area contributed by atoms with E-state index < -0.39 is 11.9 Å². The van der Waals surface area contributed by atoms with Crippen LogP contribution in [0.1, 0.15) is 40.0 Å². The van der Waals surface area contributed by atoms with Crippen molar-refractivity contribution in [3.63, 3.8) is 0 Å². The number of nitrogens with two attached hydrogens (primary N) is 1. The first-order valence-corrected chi connectivity index (χ1v) is 8.00. The second-order valence-electron chi connectivity index (χ2n) is 7.37. The van der Waals surface area contributed by atoms with Gasteiger partial charge in [0.2, 0.25) is 11.8 Å². The lowest BCUT2D eigenvalue weighted by molar-refractivity contribution is -0.120. The first-order valence-electron chi connectivity index (χ1n) is 8.00. The summed E-state index contributed by atoms with van der Waals surface area (Å²) in [7, 11) is 0. The van der Waals surface area contributed by atoms with Crippen LogP contribution in [0.15, 0.2) is 12.3 Å². The van der Waals surface area contributed by atoms with Gasteiger partial charge in [-0.2, -0.15) is 10.4 Å². The number of carbonyl (C=O) groups excluding carboxylic acids is 2. The molecule has 0 saturated carbocycles. The predicted molar refractivity (Wildman–Crippen MR) is 88.4 cm³/mol. The third-order valence-corrected chi connectivity index (χ3v) is 3.98. The van der Waals surface area contributed by atoms with Crippen LogP contribution in [0.3, 0.4) is 0 Å². The smallest absolute Gasteiger partial charge is 0.249 e. The average Bonchev–Trinajstić information content (AvgIpc) is 3.03. The van der Waals surface area contributed by atoms with Crippen molar-refractivity contribution in [1.82, 2.24) is 14.7 Å². The van der Waals surface area contributed by atoms with Crippen molar-refractivity contribution in [1.29, 1.82) is 5.26 Å². The van der Waals surface area contributed by atoms with Gasteiger partial charge in [0.25, 0.3) is 0 Å². The van der Waals surface area contributed by atoms with Gasteiger partial charge in [0, 0.05) is 18.3 Å². The number of nitriles is 1. The number of primary amides is 1. The summed E-state index contributed by atoms with van der Waals surface area (Å²) in [5, 5.41) is 16.2. The Morgan fingerprint density at radius 2 is 2.17 bits per heavy atom. The first kappa shape index (κ1) is 17.8. The van der Waals surface area contributed by atoms with Gasteiger partial charge in [-0.1, -0.05) is 20.8 Å². The lowest BCUT2D eigenvalue weighted by atomic mass is 9.87. The third-order valence-electron chi connectivity index (χ3n) is 3.98. The van der Waals surface area contributed by atoms with E-state index in [9.17, 15) is 14.9 Å². The third kappa shape index (κ3) is 4.47. The SMILES string of the molecule is CC(C)(C)CC1CCC(C(=O)Nc2ccn(CC(N)=O)n2)N1C#N. The van der Waals surface area contributed by atoms with Crippen LogP contribution in [0, 0.1) is 16.9 Å². The number of carbonyl (C=O) groups is 2. The van der Waals surface area contributed by atoms with Gasteiger partial charge >= 0.3 is 0 Å². The van der Waals surface area contributed by atoms with Gasteiger partial charge in [-0.05, 0) is 24.7 Å². The fourth-order valence-corrected chi connectivity index (χ4v) is 3.08. The van der Waals surface area contributed by atoms with Gasteiger partial charge < -0.3 is 11.1 Å². The molecule has 1 aliphatic heterocycles. The molecule has 2 amide bonds. The van der Waals surface area contributed by atoms with E-state index in [4.69, 9.17) is 5.73 Å². The molecule has 0 aromatic carbocycles. The van der Waals surface area contributed by atoms with Crippen LogP contribution in [-0.2, 0) is 16.1 Å². The topological polar surface area (TPSA) is 117 Å². The molecular weight excluding hydrogens is 308 g/mol. The highest BCUT2D eigenvalue weighted by molar-refractivity contribution is 5.94. The Balaban J connectivity index is 2.00. The van der Waals surface area contributed by atoms with Crippen LogP contribution in [-0.4, -0.2) is 38.6 Å². The molecule has 0 aliphatic carbocycles. The maximum atomic E-state index is 12.5. The van der Waals surface area contributed by atoms with Crippen molar-refractivity contribution >= 4 is 17.6 Å². The minimum absolute atomic E-state index is 0.0444. The molecule has 1 aliphatic rings. The van der Waals surface area contributed by atoms with Gasteiger partial charge in [-0.15, -0.1) is 0 Å². The maximum Gasteiger partial charge on any atom is 0.249 e. The summed E-state index contributed by atoms with van der Waals surface area (Å²) in [6.07, 6.45) is 6.06. The van der Waals surface area contributed by atoms with E-state index in [1.165, 1.54) is 4.68 Å². The highest BCUT2D eigenvalue weighted by atomic mass is 16.2. The summed E-state index contributed by atoms with van der Waals surface area (Å²) in [6.45, 7) is 6.33. The molecule has 0 spiro atoms. The second kappa shape index (κ2) is 6.91. The highest BCUT2D eigenvalue weighted by Gasteiger charge is 2.39. The van der Waals surface area contributed by atoms with Gasteiger partial charge in [-0.3, -0.25) is 19.2 Å². The van der Waals surface area contributed by atoms with Crippen molar-refractivity contribution in [2.24, 2.45) is 11.1 Å². The molecule has 1 saturated heterocycles. The molecule has 2 rings (SSSR count). The Labute approximate surface area is 141 Å². The zero-order valence-corrected chi connectivity index (χ0v) is 14.3. The molecule has 1 aromatic heterocycles. The Kier molecular flexibility index (Phi) is 5.12. The Hall–Kier alpha value is -2.56. The summed E-state index contributed by atoms with van der Waals surface area (Å²) < 4.78 is 1.36. The molecule has 2 atom stereocenters. The molecular formula is C16H24N6O2. The standard InChI is InChI=1S/C16H24N6O2/c1-16(2,3)8-11-4-5-12(22(11)10-17)15(24)19-14-6-7-21(20-14)9-13(18)23/h6-7,11-12H,4-5,8-9H2,1-3H3,(H2,18,23)(H,19,20,24). The summed E-state index contributed by atoms with van der Waals surface area (Å²) in [5.74, 6) is -0.414. The number of amides is 2. The Bertz CT molecular complexity index is 654. The number of likely N-dealkylation sites (tertiary alicyclic amines) is 1. The zero-order valence-electron chi connectivity index (χ0n) is 14.3. The van der Waals surface area contributed by atoms with E-state index in [0.717, 1.165) is 12.8 Å². The average molecular weight is 332 g/mol. The number of hydrogen-bond acceptors (Lipinski definition) is 5. The van der Waals surface area contributed by atoms with E-state index in [2.05, 4.69) is 37.4 Å². The highest BCUT2D eigenvalue weighted by Crippen LogP contribution is 2.32. The quantitative estimate of drug-likeness (QED) is 0.782. The number of aromatic nitrogens is 2. The van der Waals surface area contributed by atoms with Crippen LogP contribution in [0.4, 0.5) is 5.82 Å². The molecule has 8 heteroatoms. The minimum atomic E-state index is -0.507. The summed E-state index contributed by atoms with van der Waals surface area (Å²) in [5.41, 5.74) is 5.20. The van der Waals surface area contributed by atoms with Crippen LogP contribution < -0.4 is 11.1 Å². The summed E-state index contributed by atoms with van der Waals surface area (Å²) >= 11 is 0. The molecule has 130 valence electrons. The molecule has 24 heavy (non-hydrogen) atoms. The monoisotopic (exact) mass is 332 g/mol. The van der Waals surface area contributed by atoms with E-state index in [0.29, 0.717) is 12.2 Å². The van der Waals surface area contributed by atoms with Gasteiger partial charge in [0.15, 0.2) is 12.0 Å². The normalized spacial score (nSPS) is 20.7. The van der Waals surface area contributed by atoms with Gasteiger partial charge in [0.05, 0.1) is 0 Å². The first-order chi connectivity index (χ1) is 11.2. The van der Waals surface area contributed by atoms with E-state index >= 15 is 0 Å². The zero-order chi connectivity index (χ0) is 17.9. The number of rotatable bonds is 5. The Morgan fingerprint density at radius 3 is 2.75 bits per heavy atom. The largest absolute Gasteiger partial charge is 0.368 e. The molecule has 2 heterocycles. The minimum Gasteiger partial charge on any atom is -0.368 e. The van der Waals surface area contributed by atoms with Crippen LogP contribution in [0.5, 0.6) is 0 Å². The van der Waals surface area contributed by atoms with Crippen molar-refractivity contribution in [3.05, 3.63) is 12.3 Å². The lowest BCUT2D eigenvalue weighted by Crippen LogP contribution is -2.41. The molecule has 3 N–H and O–H groups in total. The number of anilines is 1. The Morgan fingerprint density at radius 1 is 1.46 bits per heavy atom. The van der Waals surface area contributed by atoms with E-state index in [-0.39, 0.29) is 23.9 Å². The van der Waals surface area contributed by atoms with Crippen LogP contribution >= 0.6 is 0 Å². The lowest BCUT2D eigenvalue weighted by Gasteiger charge is -2.29. The fraction of sp³-hybridized carbons (Fsp3) is 0.625. The van der Waals surface area contributed by atoms with Crippen molar-refractivity contribution < 1.29 is 9.59 Å². The van der Waals surface area contributed by atoms with Crippen molar-refractivity contribution in [2.45, 2.75) is 58.7 Å². The van der Waals surface area contributed by atoms with Gasteiger partial charge in [0.1, 0.15) is 12.6 Å². The fourth-order valence-electron chi connectivity index (χ4n) is 3.08. The van der Waals surface area contributed by atoms with Crippen LogP contribution in [0.25, 0.3) is 0 Å². The number of nitrogens with zero attached hydrogens (tertiary/aromatic N) is 4. The number of nitrogens with one attached hydrogen (secondary N) is 1. The van der Waals surface area contributed by atoms with Crippen molar-refractivity contribution in [3.8, 4) is 6.19 Å². The molecule has 1 aromatic rings.